The smallest absolute Gasteiger partial charge is 0.255 e. The van der Waals surface area contributed by atoms with Crippen LogP contribution in [-0.2, 0) is 16.2 Å². The van der Waals surface area contributed by atoms with E-state index in [0.29, 0.717) is 23.0 Å². The Hall–Kier alpha value is -4.18. The number of hydrogen-bond donors (Lipinski definition) is 2. The van der Waals surface area contributed by atoms with Crippen molar-refractivity contribution in [2.45, 2.75) is 111 Å². The SMILES string of the molecule is Cc1cc(C2(c3cc(C)c(NC(=O)c4ccc(C(C)(C)C)cc4)c(C)c3)C3CCC2CC3)cc(C)c1NC(=O)c1ccc(C(C)(C)C)cc1. The van der Waals surface area contributed by atoms with Gasteiger partial charge in [0.15, 0.2) is 0 Å². The number of amides is 2. The molecular weight excluding hydrogens is 601 g/mol. The van der Waals surface area contributed by atoms with Crippen molar-refractivity contribution in [3.8, 4) is 0 Å². The van der Waals surface area contributed by atoms with Crippen LogP contribution >= 0.6 is 0 Å². The van der Waals surface area contributed by atoms with Crippen LogP contribution in [0.15, 0.2) is 72.8 Å². The van der Waals surface area contributed by atoms with Crippen molar-refractivity contribution >= 4 is 23.2 Å². The summed E-state index contributed by atoms with van der Waals surface area (Å²) in [5.74, 6) is 0.977. The molecule has 4 heteroatoms. The Kier molecular flexibility index (Phi) is 8.92. The maximum absolute atomic E-state index is 13.4. The van der Waals surface area contributed by atoms with Gasteiger partial charge in [0.25, 0.3) is 11.8 Å². The molecule has 0 unspecified atom stereocenters. The summed E-state index contributed by atoms with van der Waals surface area (Å²) < 4.78 is 0. The molecule has 0 aromatic heterocycles. The van der Waals surface area contributed by atoms with E-state index in [1.54, 1.807) is 0 Å². The molecule has 2 fully saturated rings. The van der Waals surface area contributed by atoms with E-state index in [2.05, 4.69) is 128 Å². The second-order valence-corrected chi connectivity index (χ2v) is 17.0. The zero-order valence-electron chi connectivity index (χ0n) is 31.2. The van der Waals surface area contributed by atoms with Gasteiger partial charge in [-0.15, -0.1) is 0 Å². The lowest BCUT2D eigenvalue weighted by atomic mass is 9.65. The molecule has 6 rings (SSSR count). The molecular formula is C45H54N2O2. The molecule has 0 aliphatic heterocycles. The number of carbonyl (C=O) groups excluding carboxylic acids is 2. The third kappa shape index (κ3) is 6.35. The quantitative estimate of drug-likeness (QED) is 0.217. The predicted molar refractivity (Wildman–Crippen MR) is 204 cm³/mol. The summed E-state index contributed by atoms with van der Waals surface area (Å²) in [5, 5.41) is 6.50. The van der Waals surface area contributed by atoms with Crippen molar-refractivity contribution in [3.63, 3.8) is 0 Å². The first-order valence-electron chi connectivity index (χ1n) is 18.1. The lowest BCUT2D eigenvalue weighted by Gasteiger charge is -2.38. The van der Waals surface area contributed by atoms with Crippen LogP contribution in [0.2, 0.25) is 0 Å². The lowest BCUT2D eigenvalue weighted by molar-refractivity contribution is 0.101. The van der Waals surface area contributed by atoms with Gasteiger partial charge in [-0.2, -0.15) is 0 Å². The normalized spacial score (nSPS) is 18.4. The van der Waals surface area contributed by atoms with Crippen LogP contribution in [0.4, 0.5) is 11.4 Å². The first kappa shape index (κ1) is 34.7. The van der Waals surface area contributed by atoms with E-state index < -0.39 is 0 Å². The minimum atomic E-state index is -0.0817. The van der Waals surface area contributed by atoms with E-state index in [-0.39, 0.29) is 28.1 Å². The largest absolute Gasteiger partial charge is 0.322 e. The maximum Gasteiger partial charge on any atom is 0.255 e. The average molecular weight is 655 g/mol. The van der Waals surface area contributed by atoms with Gasteiger partial charge in [-0.05, 0) is 145 Å². The van der Waals surface area contributed by atoms with Crippen LogP contribution in [0.1, 0.15) is 132 Å². The van der Waals surface area contributed by atoms with Crippen molar-refractivity contribution in [1.29, 1.82) is 0 Å². The lowest BCUT2D eigenvalue weighted by Crippen LogP contribution is -2.34. The Morgan fingerprint density at radius 3 is 1.08 bits per heavy atom. The average Bonchev–Trinajstić information content (AvgIpc) is 3.60. The molecule has 2 bridgehead atoms. The molecule has 0 saturated heterocycles. The molecule has 0 atom stereocenters. The number of anilines is 2. The van der Waals surface area contributed by atoms with Crippen LogP contribution in [0.25, 0.3) is 0 Å². The molecule has 4 aromatic rings. The maximum atomic E-state index is 13.4. The van der Waals surface area contributed by atoms with Gasteiger partial charge >= 0.3 is 0 Å². The standard InChI is InChI=1S/C45H54N2O2/c1-27-23-37(24-28(2)39(27)46-41(48)31-11-15-33(16-12-31)43(5,6)7)45(35-19-20-36(45)22-21-35)38-25-29(3)40(30(4)26-38)47-42(49)32-13-17-34(18-14-32)44(8,9)10/h11-18,23-26,35-36H,19-22H2,1-10H3,(H,46,48)(H,47,49). The second kappa shape index (κ2) is 12.6. The van der Waals surface area contributed by atoms with Crippen molar-refractivity contribution < 1.29 is 9.59 Å². The zero-order chi connectivity index (χ0) is 35.5. The number of nitrogens with one attached hydrogen (secondary N) is 2. The highest BCUT2D eigenvalue weighted by Crippen LogP contribution is 2.63. The molecule has 4 nitrogen and oxygen atoms in total. The second-order valence-electron chi connectivity index (χ2n) is 17.0. The summed E-state index contributed by atoms with van der Waals surface area (Å²) in [6, 6.07) is 25.3. The number of aryl methyl sites for hydroxylation is 4. The van der Waals surface area contributed by atoms with E-state index in [4.69, 9.17) is 0 Å². The highest BCUT2D eigenvalue weighted by Gasteiger charge is 2.56. The summed E-state index contributed by atoms with van der Waals surface area (Å²) in [4.78, 5) is 26.8. The third-order valence-electron chi connectivity index (χ3n) is 11.5. The summed E-state index contributed by atoms with van der Waals surface area (Å²) in [6.45, 7) is 21.6. The monoisotopic (exact) mass is 654 g/mol. The van der Waals surface area contributed by atoms with Crippen molar-refractivity contribution in [1.82, 2.24) is 0 Å². The number of benzene rings is 4. The number of fused-ring (bicyclic) bond motifs is 2. The Labute approximate surface area is 294 Å². The zero-order valence-corrected chi connectivity index (χ0v) is 31.2. The van der Waals surface area contributed by atoms with Gasteiger partial charge in [0.2, 0.25) is 0 Å². The Bertz CT molecular complexity index is 1710. The minimum Gasteiger partial charge on any atom is -0.322 e. The Morgan fingerprint density at radius 1 is 0.531 bits per heavy atom. The molecule has 2 aliphatic rings. The summed E-state index contributed by atoms with van der Waals surface area (Å²) >= 11 is 0. The van der Waals surface area contributed by atoms with Gasteiger partial charge < -0.3 is 10.6 Å². The van der Waals surface area contributed by atoms with Gasteiger partial charge in [-0.3, -0.25) is 9.59 Å². The third-order valence-corrected chi connectivity index (χ3v) is 11.5. The fourth-order valence-electron chi connectivity index (χ4n) is 8.86. The van der Waals surface area contributed by atoms with E-state index in [9.17, 15) is 9.59 Å². The summed E-state index contributed by atoms with van der Waals surface area (Å²) in [7, 11) is 0. The van der Waals surface area contributed by atoms with Crippen LogP contribution < -0.4 is 10.6 Å². The van der Waals surface area contributed by atoms with Crippen LogP contribution in [0.5, 0.6) is 0 Å². The first-order valence-corrected chi connectivity index (χ1v) is 18.1. The highest BCUT2D eigenvalue weighted by molar-refractivity contribution is 6.06. The molecule has 2 amide bonds. The van der Waals surface area contributed by atoms with Crippen molar-refractivity contribution in [2.75, 3.05) is 10.6 Å². The number of rotatable bonds is 6. The molecule has 256 valence electrons. The van der Waals surface area contributed by atoms with Gasteiger partial charge in [0.1, 0.15) is 0 Å². The summed E-state index contributed by atoms with van der Waals surface area (Å²) in [5.41, 5.74) is 12.6. The van der Waals surface area contributed by atoms with Crippen molar-refractivity contribution in [3.05, 3.63) is 128 Å². The molecule has 2 N–H and O–H groups in total. The van der Waals surface area contributed by atoms with E-state index in [1.807, 2.05) is 24.3 Å². The van der Waals surface area contributed by atoms with E-state index >= 15 is 0 Å². The van der Waals surface area contributed by atoms with Gasteiger partial charge in [0.05, 0.1) is 0 Å². The number of hydrogen-bond acceptors (Lipinski definition) is 2. The highest BCUT2D eigenvalue weighted by atomic mass is 16.2. The van der Waals surface area contributed by atoms with Crippen molar-refractivity contribution in [2.24, 2.45) is 11.8 Å². The van der Waals surface area contributed by atoms with Crippen LogP contribution in [-0.4, -0.2) is 11.8 Å². The molecule has 49 heavy (non-hydrogen) atoms. The Balaban J connectivity index is 1.31. The first-order chi connectivity index (χ1) is 23.0. The molecule has 0 radical (unpaired) electrons. The molecule has 0 heterocycles. The minimum absolute atomic E-state index is 0.0396. The van der Waals surface area contributed by atoms with E-state index in [0.717, 1.165) is 33.6 Å². The topological polar surface area (TPSA) is 58.2 Å². The molecule has 2 aliphatic carbocycles. The Morgan fingerprint density at radius 2 is 0.816 bits per heavy atom. The van der Waals surface area contributed by atoms with Gasteiger partial charge in [-0.25, -0.2) is 0 Å². The van der Waals surface area contributed by atoms with Crippen LogP contribution in [0, 0.1) is 39.5 Å². The van der Waals surface area contributed by atoms with E-state index in [1.165, 1.54) is 47.9 Å². The fourth-order valence-corrected chi connectivity index (χ4v) is 8.86. The predicted octanol–water partition coefficient (Wildman–Crippen LogP) is 11.1. The number of carbonyl (C=O) groups is 2. The summed E-state index contributed by atoms with van der Waals surface area (Å²) in [6.07, 6.45) is 4.92. The fraction of sp³-hybridized carbons (Fsp3) is 0.422. The molecule has 2 saturated carbocycles. The molecule has 0 spiro atoms. The molecule has 4 aromatic carbocycles. The van der Waals surface area contributed by atoms with Gasteiger partial charge in [0, 0.05) is 27.9 Å². The van der Waals surface area contributed by atoms with Crippen LogP contribution in [0.3, 0.4) is 0 Å². The van der Waals surface area contributed by atoms with Gasteiger partial charge in [-0.1, -0.05) is 90.1 Å².